The lowest BCUT2D eigenvalue weighted by atomic mass is 10.2. The van der Waals surface area contributed by atoms with Gasteiger partial charge in [0.2, 0.25) is 0 Å². The minimum atomic E-state index is 0.693. The first-order valence-corrected chi connectivity index (χ1v) is 6.90. The number of nitrogens with zero attached hydrogens (tertiary/aromatic N) is 3. The van der Waals surface area contributed by atoms with Crippen LogP contribution in [0, 0.1) is 0 Å². The van der Waals surface area contributed by atoms with Gasteiger partial charge in [0.15, 0.2) is 0 Å². The topological polar surface area (TPSA) is 31.4 Å². The second kappa shape index (κ2) is 6.05. The van der Waals surface area contributed by atoms with Gasteiger partial charge in [-0.05, 0) is 25.6 Å². The molecule has 1 N–H and O–H groups in total. The third kappa shape index (κ3) is 2.75. The molecule has 0 radical (unpaired) electrons. The second-order valence-electron chi connectivity index (χ2n) is 4.79. The van der Waals surface area contributed by atoms with Gasteiger partial charge in [-0.25, -0.2) is 0 Å². The van der Waals surface area contributed by atoms with Gasteiger partial charge >= 0.3 is 0 Å². The van der Waals surface area contributed by atoms with Crippen LogP contribution in [-0.2, 0) is 0 Å². The zero-order chi connectivity index (χ0) is 13.0. The summed E-state index contributed by atoms with van der Waals surface area (Å²) in [5.41, 5.74) is 2.32. The van der Waals surface area contributed by atoms with Crippen LogP contribution >= 0.6 is 0 Å². The molecule has 1 atom stereocenters. The number of likely N-dealkylation sites (N-methyl/N-ethyl adjacent to an activating group) is 1. The Kier molecular flexibility index (Phi) is 4.42. The normalized spacial score (nSPS) is 19.6. The van der Waals surface area contributed by atoms with E-state index in [0.717, 1.165) is 31.9 Å². The number of hydrogen-bond donors (Lipinski definition) is 1. The number of aromatic nitrogens is 1. The van der Waals surface area contributed by atoms with Crippen LogP contribution in [0.3, 0.4) is 0 Å². The first-order valence-electron chi connectivity index (χ1n) is 6.90. The van der Waals surface area contributed by atoms with Crippen LogP contribution in [0.25, 0.3) is 0 Å². The van der Waals surface area contributed by atoms with Gasteiger partial charge in [-0.15, -0.1) is 0 Å². The summed E-state index contributed by atoms with van der Waals surface area (Å²) in [6.45, 7) is 9.03. The highest BCUT2D eigenvalue weighted by Gasteiger charge is 2.26. The zero-order valence-electron chi connectivity index (χ0n) is 11.7. The Balaban J connectivity index is 2.03. The van der Waals surface area contributed by atoms with Crippen molar-refractivity contribution in [3.05, 3.63) is 18.5 Å². The van der Waals surface area contributed by atoms with Crippen LogP contribution < -0.4 is 10.2 Å². The summed E-state index contributed by atoms with van der Waals surface area (Å²) < 4.78 is 0. The number of anilines is 2. The van der Waals surface area contributed by atoms with Gasteiger partial charge in [0, 0.05) is 26.2 Å². The first kappa shape index (κ1) is 13.1. The highest BCUT2D eigenvalue weighted by atomic mass is 15.3. The highest BCUT2D eigenvalue weighted by molar-refractivity contribution is 5.55. The molecule has 1 aromatic rings. The Bertz CT molecular complexity index is 376. The van der Waals surface area contributed by atoms with Gasteiger partial charge in [0.25, 0.3) is 0 Å². The standard InChI is InChI=1S/C14H24N4/c1-4-17(5-2)13-6-7-18(11-13)14-8-12(15-3)9-16-10-14/h8-10,13,15H,4-7,11H2,1-3H3. The minimum Gasteiger partial charge on any atom is -0.387 e. The molecule has 100 valence electrons. The Morgan fingerprint density at radius 1 is 1.39 bits per heavy atom. The smallest absolute Gasteiger partial charge is 0.0574 e. The molecule has 1 saturated heterocycles. The SMILES string of the molecule is CCN(CC)C1CCN(c2cncc(NC)c2)C1. The molecular formula is C14H24N4. The van der Waals surface area contributed by atoms with Gasteiger partial charge in [-0.2, -0.15) is 0 Å². The van der Waals surface area contributed by atoms with Crippen LogP contribution in [0.15, 0.2) is 18.5 Å². The van der Waals surface area contributed by atoms with Gasteiger partial charge in [-0.3, -0.25) is 9.88 Å². The molecule has 1 aromatic heterocycles. The van der Waals surface area contributed by atoms with Crippen LogP contribution in [-0.4, -0.2) is 49.2 Å². The van der Waals surface area contributed by atoms with Crippen molar-refractivity contribution in [3.63, 3.8) is 0 Å². The van der Waals surface area contributed by atoms with E-state index in [2.05, 4.69) is 40.0 Å². The molecule has 2 heterocycles. The van der Waals surface area contributed by atoms with Gasteiger partial charge in [-0.1, -0.05) is 13.8 Å². The Morgan fingerprint density at radius 2 is 2.17 bits per heavy atom. The van der Waals surface area contributed by atoms with E-state index < -0.39 is 0 Å². The minimum absolute atomic E-state index is 0.693. The summed E-state index contributed by atoms with van der Waals surface area (Å²) in [5, 5.41) is 3.15. The fourth-order valence-corrected chi connectivity index (χ4v) is 2.75. The maximum absolute atomic E-state index is 4.29. The summed E-state index contributed by atoms with van der Waals surface area (Å²) >= 11 is 0. The van der Waals surface area contributed by atoms with Gasteiger partial charge in [0.1, 0.15) is 0 Å². The van der Waals surface area contributed by atoms with Crippen molar-refractivity contribution in [2.75, 3.05) is 43.4 Å². The fraction of sp³-hybridized carbons (Fsp3) is 0.643. The summed E-state index contributed by atoms with van der Waals surface area (Å²) in [6.07, 6.45) is 5.08. The molecule has 0 aliphatic carbocycles. The molecule has 1 fully saturated rings. The predicted molar refractivity (Wildman–Crippen MR) is 77.3 cm³/mol. The quantitative estimate of drug-likeness (QED) is 0.864. The molecule has 0 bridgehead atoms. The number of pyridine rings is 1. The van der Waals surface area contributed by atoms with Crippen molar-refractivity contribution < 1.29 is 0 Å². The molecule has 0 spiro atoms. The summed E-state index contributed by atoms with van der Waals surface area (Å²) in [6, 6.07) is 2.87. The van der Waals surface area contributed by atoms with Crippen LogP contribution in [0.1, 0.15) is 20.3 Å². The van der Waals surface area contributed by atoms with E-state index >= 15 is 0 Å². The lowest BCUT2D eigenvalue weighted by Gasteiger charge is -2.26. The molecule has 2 rings (SSSR count). The number of nitrogens with one attached hydrogen (secondary N) is 1. The number of rotatable bonds is 5. The van der Waals surface area contributed by atoms with E-state index in [1.165, 1.54) is 12.1 Å². The lowest BCUT2D eigenvalue weighted by molar-refractivity contribution is 0.232. The Hall–Kier alpha value is -1.29. The third-order valence-corrected chi connectivity index (χ3v) is 3.87. The van der Waals surface area contributed by atoms with Gasteiger partial charge in [0.05, 0.1) is 23.8 Å². The first-order chi connectivity index (χ1) is 8.78. The monoisotopic (exact) mass is 248 g/mol. The lowest BCUT2D eigenvalue weighted by Crippen LogP contribution is -2.37. The third-order valence-electron chi connectivity index (χ3n) is 3.87. The maximum Gasteiger partial charge on any atom is 0.0574 e. The fourth-order valence-electron chi connectivity index (χ4n) is 2.75. The molecule has 4 heteroatoms. The molecule has 1 aliphatic heterocycles. The van der Waals surface area contributed by atoms with Crippen LogP contribution in [0.4, 0.5) is 11.4 Å². The largest absolute Gasteiger partial charge is 0.387 e. The molecule has 1 unspecified atom stereocenters. The number of hydrogen-bond acceptors (Lipinski definition) is 4. The molecule has 0 amide bonds. The van der Waals surface area contributed by atoms with Crippen molar-refractivity contribution in [1.29, 1.82) is 0 Å². The Morgan fingerprint density at radius 3 is 2.83 bits per heavy atom. The van der Waals surface area contributed by atoms with Crippen molar-refractivity contribution in [3.8, 4) is 0 Å². The average Bonchev–Trinajstić information content (AvgIpc) is 2.90. The van der Waals surface area contributed by atoms with Crippen molar-refractivity contribution in [2.24, 2.45) is 0 Å². The van der Waals surface area contributed by atoms with E-state index in [1.54, 1.807) is 0 Å². The molecule has 0 aromatic carbocycles. The average molecular weight is 248 g/mol. The van der Waals surface area contributed by atoms with E-state index in [9.17, 15) is 0 Å². The Labute approximate surface area is 110 Å². The second-order valence-corrected chi connectivity index (χ2v) is 4.79. The van der Waals surface area contributed by atoms with Crippen LogP contribution in [0.2, 0.25) is 0 Å². The van der Waals surface area contributed by atoms with Gasteiger partial charge < -0.3 is 10.2 Å². The predicted octanol–water partition coefficient (Wildman–Crippen LogP) is 2.04. The molecule has 4 nitrogen and oxygen atoms in total. The maximum atomic E-state index is 4.29. The van der Waals surface area contributed by atoms with Crippen molar-refractivity contribution >= 4 is 11.4 Å². The molecule has 1 aliphatic rings. The summed E-state index contributed by atoms with van der Waals surface area (Å²) in [4.78, 5) is 9.28. The van der Waals surface area contributed by atoms with Crippen molar-refractivity contribution in [1.82, 2.24) is 9.88 Å². The molecular weight excluding hydrogens is 224 g/mol. The van der Waals surface area contributed by atoms with E-state index in [4.69, 9.17) is 0 Å². The van der Waals surface area contributed by atoms with E-state index in [1.807, 2.05) is 19.4 Å². The van der Waals surface area contributed by atoms with E-state index in [-0.39, 0.29) is 0 Å². The summed E-state index contributed by atoms with van der Waals surface area (Å²) in [7, 11) is 1.93. The zero-order valence-corrected chi connectivity index (χ0v) is 11.7. The van der Waals surface area contributed by atoms with E-state index in [0.29, 0.717) is 6.04 Å². The van der Waals surface area contributed by atoms with Crippen molar-refractivity contribution in [2.45, 2.75) is 26.3 Å². The highest BCUT2D eigenvalue weighted by Crippen LogP contribution is 2.24. The molecule has 18 heavy (non-hydrogen) atoms. The van der Waals surface area contributed by atoms with Crippen LogP contribution in [0.5, 0.6) is 0 Å². The molecule has 0 saturated carbocycles. The summed E-state index contributed by atoms with van der Waals surface area (Å²) in [5.74, 6) is 0.